The van der Waals surface area contributed by atoms with Crippen LogP contribution < -0.4 is 10.1 Å². The molecule has 1 heterocycles. The zero-order valence-electron chi connectivity index (χ0n) is 12.1. The molecule has 0 aliphatic rings. The Kier molecular flexibility index (Phi) is 4.87. The van der Waals surface area contributed by atoms with E-state index in [1.807, 2.05) is 31.2 Å². The van der Waals surface area contributed by atoms with Crippen LogP contribution in [0.2, 0.25) is 0 Å². The molecular formula is C16H19NO4. The summed E-state index contributed by atoms with van der Waals surface area (Å²) >= 11 is 0. The van der Waals surface area contributed by atoms with E-state index in [2.05, 4.69) is 12.2 Å². The van der Waals surface area contributed by atoms with Crippen LogP contribution in [-0.2, 0) is 0 Å². The van der Waals surface area contributed by atoms with Crippen LogP contribution in [0.1, 0.15) is 42.6 Å². The number of ether oxygens (including phenoxy) is 1. The van der Waals surface area contributed by atoms with Crippen molar-refractivity contribution in [3.05, 3.63) is 47.9 Å². The summed E-state index contributed by atoms with van der Waals surface area (Å²) < 4.78 is 10.8. The number of hydrogen-bond acceptors (Lipinski definition) is 4. The number of benzene rings is 1. The molecule has 0 aliphatic heterocycles. The van der Waals surface area contributed by atoms with Gasteiger partial charge in [0, 0.05) is 5.69 Å². The molecule has 0 radical (unpaired) electrons. The van der Waals surface area contributed by atoms with Gasteiger partial charge in [-0.1, -0.05) is 6.92 Å². The van der Waals surface area contributed by atoms with Gasteiger partial charge in [-0.2, -0.15) is 0 Å². The van der Waals surface area contributed by atoms with Crippen molar-refractivity contribution in [3.8, 4) is 5.75 Å². The SMILES string of the molecule is CCCOc1ccc(NC(C)c2ccc(C(=O)O)o2)cc1. The van der Waals surface area contributed by atoms with Crippen molar-refractivity contribution >= 4 is 11.7 Å². The Balaban J connectivity index is 1.98. The van der Waals surface area contributed by atoms with Gasteiger partial charge in [0.25, 0.3) is 0 Å². The average Bonchev–Trinajstić information content (AvgIpc) is 2.97. The first-order valence-electron chi connectivity index (χ1n) is 6.92. The van der Waals surface area contributed by atoms with Gasteiger partial charge in [-0.15, -0.1) is 0 Å². The summed E-state index contributed by atoms with van der Waals surface area (Å²) in [6.45, 7) is 4.67. The summed E-state index contributed by atoms with van der Waals surface area (Å²) in [4.78, 5) is 10.8. The Morgan fingerprint density at radius 3 is 2.57 bits per heavy atom. The van der Waals surface area contributed by atoms with E-state index >= 15 is 0 Å². The monoisotopic (exact) mass is 289 g/mol. The second-order valence-corrected chi connectivity index (χ2v) is 4.75. The molecule has 1 aromatic carbocycles. The fourth-order valence-electron chi connectivity index (χ4n) is 1.89. The van der Waals surface area contributed by atoms with E-state index in [-0.39, 0.29) is 11.8 Å². The van der Waals surface area contributed by atoms with Gasteiger partial charge >= 0.3 is 5.97 Å². The van der Waals surface area contributed by atoms with Gasteiger partial charge < -0.3 is 19.6 Å². The Hall–Kier alpha value is -2.43. The third-order valence-corrected chi connectivity index (χ3v) is 2.97. The predicted molar refractivity (Wildman–Crippen MR) is 79.9 cm³/mol. The number of carboxylic acid groups (broad SMARTS) is 1. The van der Waals surface area contributed by atoms with Gasteiger partial charge in [0.05, 0.1) is 12.6 Å². The van der Waals surface area contributed by atoms with E-state index in [1.165, 1.54) is 6.07 Å². The van der Waals surface area contributed by atoms with Gasteiger partial charge in [0.1, 0.15) is 11.5 Å². The largest absolute Gasteiger partial charge is 0.494 e. The lowest BCUT2D eigenvalue weighted by Crippen LogP contribution is -2.05. The molecule has 1 aromatic heterocycles. The molecule has 0 fully saturated rings. The minimum Gasteiger partial charge on any atom is -0.494 e. The number of carboxylic acids is 1. The van der Waals surface area contributed by atoms with E-state index in [0.717, 1.165) is 17.9 Å². The molecular weight excluding hydrogens is 270 g/mol. The van der Waals surface area contributed by atoms with E-state index in [9.17, 15) is 4.79 Å². The molecule has 1 atom stereocenters. The van der Waals surface area contributed by atoms with Gasteiger partial charge in [0.2, 0.25) is 5.76 Å². The number of carbonyl (C=O) groups is 1. The summed E-state index contributed by atoms with van der Waals surface area (Å²) in [5.41, 5.74) is 0.916. The Morgan fingerprint density at radius 2 is 2.00 bits per heavy atom. The highest BCUT2D eigenvalue weighted by atomic mass is 16.5. The fourth-order valence-corrected chi connectivity index (χ4v) is 1.89. The highest BCUT2D eigenvalue weighted by molar-refractivity contribution is 5.84. The number of furan rings is 1. The van der Waals surface area contributed by atoms with Gasteiger partial charge in [0.15, 0.2) is 0 Å². The zero-order chi connectivity index (χ0) is 15.2. The van der Waals surface area contributed by atoms with Crippen molar-refractivity contribution in [1.82, 2.24) is 0 Å². The topological polar surface area (TPSA) is 71.7 Å². The van der Waals surface area contributed by atoms with Gasteiger partial charge in [-0.3, -0.25) is 0 Å². The molecule has 2 N–H and O–H groups in total. The highest BCUT2D eigenvalue weighted by Gasteiger charge is 2.14. The maximum Gasteiger partial charge on any atom is 0.371 e. The molecule has 0 aliphatic carbocycles. The Labute approximate surface area is 123 Å². The standard InChI is InChI=1S/C16H19NO4/c1-3-10-20-13-6-4-12(5-7-13)17-11(2)14-8-9-15(21-14)16(18)19/h4-9,11,17H,3,10H2,1-2H3,(H,18,19). The second-order valence-electron chi connectivity index (χ2n) is 4.75. The number of rotatable bonds is 7. The first-order valence-corrected chi connectivity index (χ1v) is 6.92. The van der Waals surface area contributed by atoms with E-state index in [0.29, 0.717) is 12.4 Å². The minimum absolute atomic E-state index is 0.0537. The quantitative estimate of drug-likeness (QED) is 0.807. The molecule has 0 saturated heterocycles. The predicted octanol–water partition coefficient (Wildman–Crippen LogP) is 3.94. The van der Waals surface area contributed by atoms with Crippen molar-refractivity contribution in [2.45, 2.75) is 26.3 Å². The maximum absolute atomic E-state index is 10.8. The number of aromatic carboxylic acids is 1. The molecule has 5 nitrogen and oxygen atoms in total. The smallest absolute Gasteiger partial charge is 0.371 e. The summed E-state index contributed by atoms with van der Waals surface area (Å²) in [5.74, 6) is 0.299. The summed E-state index contributed by atoms with van der Waals surface area (Å²) in [6, 6.07) is 10.6. The summed E-state index contributed by atoms with van der Waals surface area (Å²) in [5, 5.41) is 12.1. The zero-order valence-corrected chi connectivity index (χ0v) is 12.1. The molecule has 0 amide bonds. The van der Waals surface area contributed by atoms with E-state index < -0.39 is 5.97 Å². The van der Waals surface area contributed by atoms with Crippen molar-refractivity contribution < 1.29 is 19.1 Å². The van der Waals surface area contributed by atoms with Crippen LogP contribution in [0.15, 0.2) is 40.8 Å². The molecule has 0 bridgehead atoms. The highest BCUT2D eigenvalue weighted by Crippen LogP contribution is 2.23. The average molecular weight is 289 g/mol. The third-order valence-electron chi connectivity index (χ3n) is 2.97. The maximum atomic E-state index is 10.8. The van der Waals surface area contributed by atoms with Crippen LogP contribution in [0.3, 0.4) is 0 Å². The first-order chi connectivity index (χ1) is 10.1. The minimum atomic E-state index is -1.06. The lowest BCUT2D eigenvalue weighted by atomic mass is 10.2. The van der Waals surface area contributed by atoms with Crippen molar-refractivity contribution in [2.75, 3.05) is 11.9 Å². The molecule has 2 aromatic rings. The summed E-state index contributed by atoms with van der Waals surface area (Å²) in [6.07, 6.45) is 0.974. The van der Waals surface area contributed by atoms with Crippen LogP contribution in [0.25, 0.3) is 0 Å². The Bertz CT molecular complexity index is 589. The van der Waals surface area contributed by atoms with E-state index in [4.69, 9.17) is 14.3 Å². The van der Waals surface area contributed by atoms with E-state index in [1.54, 1.807) is 6.07 Å². The van der Waals surface area contributed by atoms with Gasteiger partial charge in [-0.05, 0) is 49.7 Å². The number of hydrogen-bond donors (Lipinski definition) is 2. The first kappa shape index (κ1) is 15.0. The Morgan fingerprint density at radius 1 is 1.29 bits per heavy atom. The number of nitrogens with one attached hydrogen (secondary N) is 1. The van der Waals surface area contributed by atoms with Crippen molar-refractivity contribution in [1.29, 1.82) is 0 Å². The van der Waals surface area contributed by atoms with Crippen molar-refractivity contribution in [3.63, 3.8) is 0 Å². The van der Waals surface area contributed by atoms with Crippen LogP contribution in [0.4, 0.5) is 5.69 Å². The lowest BCUT2D eigenvalue weighted by Gasteiger charge is -2.13. The van der Waals surface area contributed by atoms with Gasteiger partial charge in [-0.25, -0.2) is 4.79 Å². The lowest BCUT2D eigenvalue weighted by molar-refractivity contribution is 0.0660. The molecule has 1 unspecified atom stereocenters. The van der Waals surface area contributed by atoms with Crippen molar-refractivity contribution in [2.24, 2.45) is 0 Å². The third kappa shape index (κ3) is 4.02. The van der Waals surface area contributed by atoms with Crippen LogP contribution >= 0.6 is 0 Å². The second kappa shape index (κ2) is 6.83. The molecule has 112 valence electrons. The van der Waals surface area contributed by atoms with Crippen LogP contribution in [0, 0.1) is 0 Å². The molecule has 0 saturated carbocycles. The van der Waals surface area contributed by atoms with Crippen LogP contribution in [-0.4, -0.2) is 17.7 Å². The molecule has 0 spiro atoms. The number of anilines is 1. The normalized spacial score (nSPS) is 11.9. The van der Waals surface area contributed by atoms with Crippen LogP contribution in [0.5, 0.6) is 5.75 Å². The molecule has 5 heteroatoms. The summed E-state index contributed by atoms with van der Waals surface area (Å²) in [7, 11) is 0. The molecule has 2 rings (SSSR count). The molecule has 21 heavy (non-hydrogen) atoms. The fraction of sp³-hybridized carbons (Fsp3) is 0.312.